The average molecular weight is 164 g/mol. The van der Waals surface area contributed by atoms with Crippen molar-refractivity contribution in [2.75, 3.05) is 0 Å². The number of carbonyl (C=O) groups excluding carboxylic acids is 1. The molecule has 3 unspecified atom stereocenters. The van der Waals surface area contributed by atoms with Crippen molar-refractivity contribution in [3.05, 3.63) is 0 Å². The Bertz CT molecular complexity index is 124. The van der Waals surface area contributed by atoms with E-state index < -0.39 is 24.4 Å². The largest absolute Gasteiger partial charge is 0.391 e. The van der Waals surface area contributed by atoms with Crippen molar-refractivity contribution in [1.29, 1.82) is 0 Å². The first-order chi connectivity index (χ1) is 5.00. The highest BCUT2D eigenvalue weighted by molar-refractivity contribution is 5.56. The highest BCUT2D eigenvalue weighted by Gasteiger charge is 2.27. The molecule has 0 heterocycles. The maximum atomic E-state index is 9.87. The van der Waals surface area contributed by atoms with E-state index >= 15 is 0 Å². The monoisotopic (exact) mass is 164 g/mol. The number of hydrogen-bond acceptors (Lipinski definition) is 5. The van der Waals surface area contributed by atoms with Gasteiger partial charge in [0.2, 0.25) is 0 Å². The molecule has 0 aliphatic carbocycles. The molecule has 66 valence electrons. The predicted molar refractivity (Wildman–Crippen MR) is 35.8 cm³/mol. The van der Waals surface area contributed by atoms with Gasteiger partial charge in [-0.1, -0.05) is 0 Å². The summed E-state index contributed by atoms with van der Waals surface area (Å²) in [6.07, 6.45) is -5.88. The second kappa shape index (κ2) is 4.40. The molecule has 0 saturated carbocycles. The summed E-state index contributed by atoms with van der Waals surface area (Å²) in [4.78, 5) is 9.87. The zero-order valence-electron chi connectivity index (χ0n) is 6.08. The summed E-state index contributed by atoms with van der Waals surface area (Å²) in [7, 11) is 0. The van der Waals surface area contributed by atoms with Crippen molar-refractivity contribution in [1.82, 2.24) is 0 Å². The van der Waals surface area contributed by atoms with E-state index in [2.05, 4.69) is 0 Å². The molecule has 0 radical (unpaired) electrons. The van der Waals surface area contributed by atoms with Crippen LogP contribution in [0.25, 0.3) is 0 Å². The van der Waals surface area contributed by atoms with Crippen LogP contribution in [0.5, 0.6) is 0 Å². The Labute approximate surface area is 63.9 Å². The lowest BCUT2D eigenvalue weighted by atomic mass is 10.1. The van der Waals surface area contributed by atoms with E-state index in [0.29, 0.717) is 0 Å². The quantitative estimate of drug-likeness (QED) is 0.349. The smallest absolute Gasteiger partial charge is 0.151 e. The normalized spacial score (nSPS) is 21.9. The van der Waals surface area contributed by atoms with Gasteiger partial charge < -0.3 is 25.2 Å². The van der Waals surface area contributed by atoms with E-state index in [0.717, 1.165) is 0 Å². The van der Waals surface area contributed by atoms with Crippen LogP contribution in [0.2, 0.25) is 0 Å². The molecule has 0 spiro atoms. The number of hydrogen-bond donors (Lipinski definition) is 4. The summed E-state index contributed by atoms with van der Waals surface area (Å²) in [6.45, 7) is 1.24. The lowest BCUT2D eigenvalue weighted by Crippen LogP contribution is -2.43. The first-order valence-corrected chi connectivity index (χ1v) is 3.18. The molecule has 0 rings (SSSR count). The fourth-order valence-corrected chi connectivity index (χ4v) is 0.568. The third-order valence-corrected chi connectivity index (χ3v) is 1.33. The molecule has 0 bridgehead atoms. The molecule has 5 nitrogen and oxygen atoms in total. The molecule has 0 aromatic rings. The molecule has 0 amide bonds. The second-order valence-electron chi connectivity index (χ2n) is 2.35. The molecule has 5 heteroatoms. The Kier molecular flexibility index (Phi) is 4.20. The Hall–Kier alpha value is -0.490. The second-order valence-corrected chi connectivity index (χ2v) is 2.35. The van der Waals surface area contributed by atoms with Crippen LogP contribution in [0, 0.1) is 0 Å². The van der Waals surface area contributed by atoms with Gasteiger partial charge in [0.1, 0.15) is 18.3 Å². The molecule has 0 fully saturated rings. The van der Waals surface area contributed by atoms with Gasteiger partial charge in [0.25, 0.3) is 0 Å². The van der Waals surface area contributed by atoms with Crippen molar-refractivity contribution in [3.8, 4) is 0 Å². The molecule has 0 aromatic carbocycles. The Morgan fingerprint density at radius 1 is 1.09 bits per heavy atom. The molecule has 0 aliphatic rings. The molecule has 4 N–H and O–H groups in total. The van der Waals surface area contributed by atoms with Crippen LogP contribution in [0.15, 0.2) is 0 Å². The minimum absolute atomic E-state index is 0.0935. The summed E-state index contributed by atoms with van der Waals surface area (Å²) in [5, 5.41) is 35.1. The summed E-state index contributed by atoms with van der Waals surface area (Å²) in [5.74, 6) is 0. The zero-order valence-corrected chi connectivity index (χ0v) is 6.08. The summed E-state index contributed by atoms with van der Waals surface area (Å²) in [5.41, 5.74) is 0. The lowest BCUT2D eigenvalue weighted by Gasteiger charge is -2.21. The Balaban J connectivity index is 4.00. The van der Waals surface area contributed by atoms with Gasteiger partial charge in [-0.2, -0.15) is 0 Å². The topological polar surface area (TPSA) is 98.0 Å². The third kappa shape index (κ3) is 2.94. The van der Waals surface area contributed by atoms with Crippen LogP contribution in [0.3, 0.4) is 0 Å². The summed E-state index contributed by atoms with van der Waals surface area (Å²) >= 11 is 0. The van der Waals surface area contributed by atoms with Crippen LogP contribution in [-0.2, 0) is 4.79 Å². The van der Waals surface area contributed by atoms with Gasteiger partial charge in [0.05, 0.1) is 6.10 Å². The molecule has 0 aromatic heterocycles. The highest BCUT2D eigenvalue weighted by atomic mass is 16.4. The maximum absolute atomic E-state index is 9.87. The predicted octanol–water partition coefficient (Wildman–Crippen LogP) is -2.35. The van der Waals surface area contributed by atoms with E-state index in [-0.39, 0.29) is 6.29 Å². The standard InChI is InChI=1S/C6H12O5/c1-3(8)5(10)6(11)4(9)2-7/h2-6,8-11H,1H3/t3?,4-,5?,6?/m0/s1. The Morgan fingerprint density at radius 3 is 1.82 bits per heavy atom. The van der Waals surface area contributed by atoms with Gasteiger partial charge in [-0.25, -0.2) is 0 Å². The molecular weight excluding hydrogens is 152 g/mol. The fourth-order valence-electron chi connectivity index (χ4n) is 0.568. The molecule has 4 atom stereocenters. The average Bonchev–Trinajstić information content (AvgIpc) is 2.00. The van der Waals surface area contributed by atoms with Gasteiger partial charge in [0.15, 0.2) is 6.29 Å². The van der Waals surface area contributed by atoms with E-state index in [4.69, 9.17) is 20.4 Å². The van der Waals surface area contributed by atoms with Gasteiger partial charge in [-0.15, -0.1) is 0 Å². The van der Waals surface area contributed by atoms with Gasteiger partial charge in [0, 0.05) is 0 Å². The summed E-state index contributed by atoms with van der Waals surface area (Å²) in [6, 6.07) is 0. The minimum Gasteiger partial charge on any atom is -0.391 e. The van der Waals surface area contributed by atoms with Crippen molar-refractivity contribution in [3.63, 3.8) is 0 Å². The first-order valence-electron chi connectivity index (χ1n) is 3.18. The van der Waals surface area contributed by atoms with Gasteiger partial charge in [-0.05, 0) is 6.92 Å². The van der Waals surface area contributed by atoms with Crippen molar-refractivity contribution in [2.24, 2.45) is 0 Å². The maximum Gasteiger partial charge on any atom is 0.151 e. The van der Waals surface area contributed by atoms with E-state index in [1.165, 1.54) is 6.92 Å². The van der Waals surface area contributed by atoms with Crippen LogP contribution in [-0.4, -0.2) is 51.1 Å². The minimum atomic E-state index is -1.65. The molecular formula is C6H12O5. The Morgan fingerprint density at radius 2 is 1.55 bits per heavy atom. The number of rotatable bonds is 4. The SMILES string of the molecule is CC(O)C(O)C(O)[C@@H](O)C=O. The molecule has 11 heavy (non-hydrogen) atoms. The summed E-state index contributed by atoms with van der Waals surface area (Å²) < 4.78 is 0. The highest BCUT2D eigenvalue weighted by Crippen LogP contribution is 2.02. The van der Waals surface area contributed by atoms with Crippen molar-refractivity contribution in [2.45, 2.75) is 31.3 Å². The van der Waals surface area contributed by atoms with Crippen molar-refractivity contribution >= 4 is 6.29 Å². The van der Waals surface area contributed by atoms with Crippen LogP contribution >= 0.6 is 0 Å². The van der Waals surface area contributed by atoms with Crippen LogP contribution < -0.4 is 0 Å². The number of aldehydes is 1. The number of carbonyl (C=O) groups is 1. The fraction of sp³-hybridized carbons (Fsp3) is 0.833. The lowest BCUT2D eigenvalue weighted by molar-refractivity contribution is -0.132. The zero-order chi connectivity index (χ0) is 9.02. The van der Waals surface area contributed by atoms with Crippen LogP contribution in [0.1, 0.15) is 6.92 Å². The van der Waals surface area contributed by atoms with Crippen LogP contribution in [0.4, 0.5) is 0 Å². The van der Waals surface area contributed by atoms with Gasteiger partial charge in [-0.3, -0.25) is 0 Å². The first kappa shape index (κ1) is 10.5. The molecule has 0 saturated heterocycles. The van der Waals surface area contributed by atoms with E-state index in [1.54, 1.807) is 0 Å². The number of aliphatic hydroxyl groups excluding tert-OH is 4. The number of aliphatic hydroxyl groups is 4. The van der Waals surface area contributed by atoms with Gasteiger partial charge >= 0.3 is 0 Å². The van der Waals surface area contributed by atoms with E-state index in [1.807, 2.05) is 0 Å². The molecule has 0 aliphatic heterocycles. The third-order valence-electron chi connectivity index (χ3n) is 1.33. The van der Waals surface area contributed by atoms with Crippen molar-refractivity contribution < 1.29 is 25.2 Å². The van der Waals surface area contributed by atoms with E-state index in [9.17, 15) is 4.79 Å².